The zero-order chi connectivity index (χ0) is 22.6. The Kier molecular flexibility index (Phi) is 6.89. The molecular weight excluding hydrogens is 420 g/mol. The van der Waals surface area contributed by atoms with E-state index in [1.165, 1.54) is 17.5 Å². The quantitative estimate of drug-likeness (QED) is 0.599. The number of amides is 2. The van der Waals surface area contributed by atoms with Crippen molar-refractivity contribution < 1.29 is 19.5 Å². The van der Waals surface area contributed by atoms with Crippen LogP contribution in [0.15, 0.2) is 34.0 Å². The van der Waals surface area contributed by atoms with E-state index in [0.29, 0.717) is 12.8 Å². The maximum absolute atomic E-state index is 13.3. The molecule has 4 heterocycles. The third-order valence-electron chi connectivity index (χ3n) is 5.88. The first-order chi connectivity index (χ1) is 14.8. The van der Waals surface area contributed by atoms with Gasteiger partial charge in [-0.15, -0.1) is 11.3 Å². The molecule has 2 aliphatic heterocycles. The standard InChI is InChI=1S/C20H24N4O3S.CH2O2/c1-12(2)23-19(27)20(8-13-10-28-11-22-13)9-14-5-6-16(20)24(14)18(26)15-4-3-7-21-17(15)25;2-1-3/h3-4,7,10-12,14,16H,5-6,8-9H2,1-2H3,(H,21,25)(H,23,27);1H,(H,2,3)/t14-,16+,20+;/m1./s1. The van der Waals surface area contributed by atoms with Crippen molar-refractivity contribution in [2.45, 2.75) is 57.7 Å². The number of carboxylic acid groups (broad SMARTS) is 1. The van der Waals surface area contributed by atoms with Crippen molar-refractivity contribution in [2.75, 3.05) is 0 Å². The number of carbonyl (C=O) groups is 3. The van der Waals surface area contributed by atoms with E-state index in [4.69, 9.17) is 9.90 Å². The Morgan fingerprint density at radius 2 is 2.19 bits per heavy atom. The van der Waals surface area contributed by atoms with Gasteiger partial charge in [0.2, 0.25) is 5.91 Å². The van der Waals surface area contributed by atoms with Crippen LogP contribution >= 0.6 is 11.3 Å². The number of rotatable bonds is 5. The molecule has 2 fully saturated rings. The highest BCUT2D eigenvalue weighted by molar-refractivity contribution is 7.07. The fraction of sp³-hybridized carbons (Fsp3) is 0.476. The number of hydrogen-bond donors (Lipinski definition) is 3. The second-order valence-electron chi connectivity index (χ2n) is 8.12. The number of fused-ring (bicyclic) bond motifs is 2. The maximum atomic E-state index is 13.3. The van der Waals surface area contributed by atoms with E-state index in [9.17, 15) is 14.4 Å². The smallest absolute Gasteiger partial charge is 0.290 e. The van der Waals surface area contributed by atoms with Crippen molar-refractivity contribution in [1.29, 1.82) is 0 Å². The molecule has 0 radical (unpaired) electrons. The van der Waals surface area contributed by atoms with Crippen molar-refractivity contribution in [2.24, 2.45) is 5.41 Å². The molecule has 2 amide bonds. The molecule has 31 heavy (non-hydrogen) atoms. The van der Waals surface area contributed by atoms with Gasteiger partial charge in [0.25, 0.3) is 17.9 Å². The molecule has 2 bridgehead atoms. The van der Waals surface area contributed by atoms with Gasteiger partial charge in [0.1, 0.15) is 5.56 Å². The predicted molar refractivity (Wildman–Crippen MR) is 115 cm³/mol. The molecule has 0 spiro atoms. The third-order valence-corrected chi connectivity index (χ3v) is 6.51. The predicted octanol–water partition coefficient (Wildman–Crippen LogP) is 1.66. The summed E-state index contributed by atoms with van der Waals surface area (Å²) in [5.74, 6) is -0.311. The lowest BCUT2D eigenvalue weighted by molar-refractivity contribution is -0.133. The van der Waals surface area contributed by atoms with E-state index in [-0.39, 0.29) is 42.0 Å². The molecule has 10 heteroatoms. The molecule has 3 N–H and O–H groups in total. The fourth-order valence-electron chi connectivity index (χ4n) is 4.79. The lowest BCUT2D eigenvalue weighted by Crippen LogP contribution is -2.52. The highest BCUT2D eigenvalue weighted by Gasteiger charge is 2.61. The Bertz CT molecular complexity index is 990. The Balaban J connectivity index is 0.000000858. The van der Waals surface area contributed by atoms with Gasteiger partial charge in [0.15, 0.2) is 0 Å². The monoisotopic (exact) mass is 446 g/mol. The largest absolute Gasteiger partial charge is 0.483 e. The van der Waals surface area contributed by atoms with E-state index in [1.54, 1.807) is 22.5 Å². The molecular formula is C21H26N4O5S. The van der Waals surface area contributed by atoms with E-state index in [2.05, 4.69) is 15.3 Å². The molecule has 3 atom stereocenters. The van der Waals surface area contributed by atoms with E-state index < -0.39 is 11.0 Å². The van der Waals surface area contributed by atoms with Gasteiger partial charge in [-0.25, -0.2) is 4.98 Å². The zero-order valence-electron chi connectivity index (χ0n) is 17.4. The average molecular weight is 447 g/mol. The van der Waals surface area contributed by atoms with Crippen LogP contribution in [0.5, 0.6) is 0 Å². The number of aromatic nitrogens is 2. The van der Waals surface area contributed by atoms with Gasteiger partial charge in [-0.05, 0) is 45.2 Å². The number of H-pyrrole nitrogens is 1. The summed E-state index contributed by atoms with van der Waals surface area (Å²) < 4.78 is 0. The lowest BCUT2D eigenvalue weighted by atomic mass is 9.70. The third kappa shape index (κ3) is 4.39. The number of hydrogen-bond acceptors (Lipinski definition) is 6. The van der Waals surface area contributed by atoms with E-state index >= 15 is 0 Å². The highest BCUT2D eigenvalue weighted by Crippen LogP contribution is 2.52. The Morgan fingerprint density at radius 1 is 1.45 bits per heavy atom. The van der Waals surface area contributed by atoms with Crippen molar-refractivity contribution in [3.8, 4) is 0 Å². The molecule has 0 saturated carbocycles. The summed E-state index contributed by atoms with van der Waals surface area (Å²) in [6.07, 6.45) is 4.24. The summed E-state index contributed by atoms with van der Waals surface area (Å²) in [5.41, 5.74) is 1.67. The summed E-state index contributed by atoms with van der Waals surface area (Å²) in [4.78, 5) is 55.8. The van der Waals surface area contributed by atoms with Crippen molar-refractivity contribution in [1.82, 2.24) is 20.2 Å². The van der Waals surface area contributed by atoms with Crippen LogP contribution in [-0.2, 0) is 16.0 Å². The summed E-state index contributed by atoms with van der Waals surface area (Å²) in [7, 11) is 0. The molecule has 4 rings (SSSR count). The number of pyridine rings is 1. The van der Waals surface area contributed by atoms with Gasteiger partial charge in [0.05, 0.1) is 16.6 Å². The van der Waals surface area contributed by atoms with Crippen LogP contribution in [0.1, 0.15) is 49.2 Å². The summed E-state index contributed by atoms with van der Waals surface area (Å²) in [6, 6.07) is 2.95. The van der Waals surface area contributed by atoms with Crippen LogP contribution in [-0.4, -0.2) is 56.4 Å². The number of aromatic amines is 1. The number of thiazole rings is 1. The van der Waals surface area contributed by atoms with E-state index in [0.717, 1.165) is 18.5 Å². The fourth-order valence-corrected chi connectivity index (χ4v) is 5.35. The van der Waals surface area contributed by atoms with Crippen molar-refractivity contribution in [3.63, 3.8) is 0 Å². The van der Waals surface area contributed by atoms with Gasteiger partial charge in [-0.1, -0.05) is 0 Å². The zero-order valence-corrected chi connectivity index (χ0v) is 18.2. The SMILES string of the molecule is CC(C)NC(=O)[C@@]1(Cc2cscn2)C[C@H]2CC[C@@H]1N2C(=O)c1ccc[nH]c1=O.O=CO. The Hall–Kier alpha value is -3.01. The molecule has 0 aliphatic carbocycles. The minimum Gasteiger partial charge on any atom is -0.483 e. The molecule has 2 aliphatic rings. The van der Waals surface area contributed by atoms with Gasteiger partial charge in [-0.3, -0.25) is 19.2 Å². The summed E-state index contributed by atoms with van der Waals surface area (Å²) >= 11 is 1.50. The summed E-state index contributed by atoms with van der Waals surface area (Å²) in [5, 5.41) is 11.9. The van der Waals surface area contributed by atoms with Gasteiger partial charge < -0.3 is 20.3 Å². The van der Waals surface area contributed by atoms with Crippen LogP contribution in [0.3, 0.4) is 0 Å². The topological polar surface area (TPSA) is 132 Å². The molecule has 0 aromatic carbocycles. The van der Waals surface area contributed by atoms with Crippen molar-refractivity contribution in [3.05, 3.63) is 50.8 Å². The number of nitrogens with one attached hydrogen (secondary N) is 2. The minimum absolute atomic E-state index is 0.0139. The van der Waals surface area contributed by atoms with Gasteiger partial charge in [-0.2, -0.15) is 0 Å². The molecule has 2 aromatic heterocycles. The first kappa shape index (κ1) is 22.7. The first-order valence-electron chi connectivity index (χ1n) is 10.1. The van der Waals surface area contributed by atoms with Gasteiger partial charge in [0, 0.05) is 36.1 Å². The number of carbonyl (C=O) groups excluding carboxylic acids is 2. The van der Waals surface area contributed by atoms with Crippen LogP contribution in [0.2, 0.25) is 0 Å². The van der Waals surface area contributed by atoms with Crippen molar-refractivity contribution >= 4 is 29.6 Å². The second kappa shape index (κ2) is 9.42. The molecule has 0 unspecified atom stereocenters. The summed E-state index contributed by atoms with van der Waals surface area (Å²) in [6.45, 7) is 3.63. The van der Waals surface area contributed by atoms with Crippen LogP contribution < -0.4 is 10.9 Å². The van der Waals surface area contributed by atoms with Crippen LogP contribution in [0, 0.1) is 5.41 Å². The normalized spacial score (nSPS) is 23.9. The maximum Gasteiger partial charge on any atom is 0.290 e. The Morgan fingerprint density at radius 3 is 2.81 bits per heavy atom. The number of nitrogens with zero attached hydrogens (tertiary/aromatic N) is 2. The van der Waals surface area contributed by atoms with E-state index in [1.807, 2.05) is 19.2 Å². The van der Waals surface area contributed by atoms with Crippen LogP contribution in [0.25, 0.3) is 0 Å². The minimum atomic E-state index is -0.710. The molecule has 166 valence electrons. The Labute approximate surface area is 183 Å². The molecule has 9 nitrogen and oxygen atoms in total. The highest BCUT2D eigenvalue weighted by atomic mass is 32.1. The molecule has 2 saturated heterocycles. The van der Waals surface area contributed by atoms with Gasteiger partial charge >= 0.3 is 0 Å². The average Bonchev–Trinajstić information content (AvgIpc) is 3.44. The van der Waals surface area contributed by atoms with Crippen LogP contribution in [0.4, 0.5) is 0 Å². The lowest BCUT2D eigenvalue weighted by Gasteiger charge is -2.36. The second-order valence-corrected chi connectivity index (χ2v) is 8.84. The first-order valence-corrected chi connectivity index (χ1v) is 11.0. The molecule has 2 aromatic rings.